The summed E-state index contributed by atoms with van der Waals surface area (Å²) in [6.45, 7) is 13.4. The molecule has 0 unspecified atom stereocenters. The summed E-state index contributed by atoms with van der Waals surface area (Å²) < 4.78 is 0. The van der Waals surface area contributed by atoms with Crippen molar-refractivity contribution in [2.45, 2.75) is 131 Å². The molecule has 0 fully saturated rings. The van der Waals surface area contributed by atoms with Crippen molar-refractivity contribution < 1.29 is 9.59 Å². The van der Waals surface area contributed by atoms with Crippen molar-refractivity contribution in [1.29, 1.82) is 0 Å². The molecule has 0 spiro atoms. The predicted molar refractivity (Wildman–Crippen MR) is 216 cm³/mol. The van der Waals surface area contributed by atoms with Crippen molar-refractivity contribution in [3.05, 3.63) is 92.6 Å². The minimum atomic E-state index is 0.0276. The summed E-state index contributed by atoms with van der Waals surface area (Å²) in [6.07, 6.45) is 16.4. The summed E-state index contributed by atoms with van der Waals surface area (Å²) in [5.74, 6) is 0.0552. The van der Waals surface area contributed by atoms with E-state index in [-0.39, 0.29) is 11.6 Å². The number of nitrogens with one attached hydrogen (secondary N) is 2. The van der Waals surface area contributed by atoms with Gasteiger partial charge < -0.3 is 9.97 Å². The first-order valence-corrected chi connectivity index (χ1v) is 19.8. The van der Waals surface area contributed by atoms with Crippen LogP contribution in [0.4, 0.5) is 0 Å². The second kappa shape index (κ2) is 15.2. The van der Waals surface area contributed by atoms with Crippen LogP contribution in [0.2, 0.25) is 0 Å². The Kier molecular flexibility index (Phi) is 10.5. The van der Waals surface area contributed by atoms with E-state index in [1.807, 2.05) is 0 Å². The Morgan fingerprint density at radius 1 is 0.500 bits per heavy atom. The van der Waals surface area contributed by atoms with Gasteiger partial charge in [0.05, 0.1) is 22.8 Å². The van der Waals surface area contributed by atoms with E-state index in [1.54, 1.807) is 12.2 Å². The largest absolute Gasteiger partial charge is 0.355 e. The van der Waals surface area contributed by atoms with Gasteiger partial charge in [-0.15, -0.1) is 0 Å². The first kappa shape index (κ1) is 35.8. The summed E-state index contributed by atoms with van der Waals surface area (Å²) in [7, 11) is 0. The third-order valence-electron chi connectivity index (χ3n) is 12.0. The summed E-state index contributed by atoms with van der Waals surface area (Å²) in [5, 5.41) is 0. The molecule has 0 atom stereocenters. The lowest BCUT2D eigenvalue weighted by atomic mass is 9.90. The van der Waals surface area contributed by atoms with E-state index in [9.17, 15) is 9.59 Å². The average molecular weight is 695 g/mol. The number of aromatic nitrogens is 4. The van der Waals surface area contributed by atoms with Gasteiger partial charge in [-0.25, -0.2) is 9.97 Å². The van der Waals surface area contributed by atoms with Gasteiger partial charge in [0.2, 0.25) is 0 Å². The van der Waals surface area contributed by atoms with Crippen molar-refractivity contribution in [3.8, 4) is 0 Å². The van der Waals surface area contributed by atoms with E-state index in [1.165, 1.54) is 44.5 Å². The molecule has 0 aromatic carbocycles. The molecule has 10 rings (SSSR count). The normalized spacial score (nSPS) is 18.0. The summed E-state index contributed by atoms with van der Waals surface area (Å²) in [6, 6.07) is 9.06. The Morgan fingerprint density at radius 2 is 0.865 bits per heavy atom. The molecule has 0 radical (unpaired) electrons. The molecule has 3 aromatic heterocycles. The Morgan fingerprint density at radius 3 is 1.25 bits per heavy atom. The summed E-state index contributed by atoms with van der Waals surface area (Å²) in [4.78, 5) is 44.2. The van der Waals surface area contributed by atoms with Crippen molar-refractivity contribution in [3.63, 3.8) is 0 Å². The number of aryl methyl sites for hydroxylation is 4. The third-order valence-corrected chi connectivity index (χ3v) is 12.0. The quantitative estimate of drug-likeness (QED) is 0.261. The lowest BCUT2D eigenvalue weighted by Crippen LogP contribution is -2.13. The second-order valence-electron chi connectivity index (χ2n) is 15.3. The van der Waals surface area contributed by atoms with E-state index in [0.717, 1.165) is 122 Å². The first-order chi connectivity index (χ1) is 25.2. The lowest BCUT2D eigenvalue weighted by Gasteiger charge is -2.12. The smallest absolute Gasteiger partial charge is 0.182 e. The number of nitrogens with zero attached hydrogens (tertiary/aromatic N) is 2. The molecule has 9 heterocycles. The molecule has 7 aliphatic rings. The maximum atomic E-state index is 13.0. The number of ketones is 2. The van der Waals surface area contributed by atoms with Gasteiger partial charge >= 0.3 is 0 Å². The zero-order chi connectivity index (χ0) is 36.5. The lowest BCUT2D eigenvalue weighted by molar-refractivity contribution is -0.115. The van der Waals surface area contributed by atoms with Crippen LogP contribution in [0.25, 0.3) is 44.4 Å². The number of hydrogen-bond acceptors (Lipinski definition) is 4. The van der Waals surface area contributed by atoms with Crippen molar-refractivity contribution in [1.82, 2.24) is 19.9 Å². The summed E-state index contributed by atoms with van der Waals surface area (Å²) >= 11 is 0. The molecule has 6 heteroatoms. The molecule has 270 valence electrons. The van der Waals surface area contributed by atoms with Gasteiger partial charge in [-0.05, 0) is 173 Å². The highest BCUT2D eigenvalue weighted by Crippen LogP contribution is 2.38. The molecule has 52 heavy (non-hydrogen) atoms. The fraction of sp³-hybridized carbons (Fsp3) is 0.435. The Bertz CT molecular complexity index is 2090. The standard InChI is InChI=1S/C46H54N4O2/c1-7-33-27(3)37-23-39-30(6)36-20-16-12-10-14-18-32-22-45(51)31(21-46(32)52)17-13-9-11-15-19-35-29(5)40(49-43(35)25-41(33)47-37)24-38-28(4)34(8-2)42(48-38)26-44(36)50-39/h21-26,47-48H,7-20H2,1-6H3. The highest BCUT2D eigenvalue weighted by Gasteiger charge is 2.22. The number of H-pyrrole nitrogens is 2. The predicted octanol–water partition coefficient (Wildman–Crippen LogP) is 11.6. The summed E-state index contributed by atoms with van der Waals surface area (Å²) in [5.41, 5.74) is 20.2. The molecular weight excluding hydrogens is 641 g/mol. The van der Waals surface area contributed by atoms with E-state index in [4.69, 9.17) is 9.97 Å². The Hall–Kier alpha value is -4.58. The third kappa shape index (κ3) is 6.97. The van der Waals surface area contributed by atoms with E-state index in [0.29, 0.717) is 24.0 Å². The molecule has 0 amide bonds. The van der Waals surface area contributed by atoms with Crippen LogP contribution in [-0.2, 0) is 22.4 Å². The van der Waals surface area contributed by atoms with Gasteiger partial charge in [0, 0.05) is 33.2 Å². The minimum absolute atomic E-state index is 0.0276. The van der Waals surface area contributed by atoms with Gasteiger partial charge in [-0.3, -0.25) is 9.59 Å². The van der Waals surface area contributed by atoms with Crippen molar-refractivity contribution in [2.24, 2.45) is 0 Å². The van der Waals surface area contributed by atoms with Crippen molar-refractivity contribution in [2.75, 3.05) is 0 Å². The van der Waals surface area contributed by atoms with Crippen LogP contribution in [0, 0.1) is 13.8 Å². The van der Waals surface area contributed by atoms with Crippen LogP contribution in [0.1, 0.15) is 150 Å². The highest BCUT2D eigenvalue weighted by atomic mass is 16.1. The van der Waals surface area contributed by atoms with Gasteiger partial charge in [0.25, 0.3) is 0 Å². The van der Waals surface area contributed by atoms with Gasteiger partial charge in [-0.2, -0.15) is 0 Å². The first-order valence-electron chi connectivity index (χ1n) is 19.8. The van der Waals surface area contributed by atoms with Crippen LogP contribution < -0.4 is 0 Å². The van der Waals surface area contributed by atoms with Gasteiger partial charge in [-0.1, -0.05) is 39.5 Å². The number of allylic oxidation sites excluding steroid dienone is 8. The molecule has 2 N–H and O–H groups in total. The molecule has 6 nitrogen and oxygen atoms in total. The van der Waals surface area contributed by atoms with Crippen LogP contribution in [-0.4, -0.2) is 31.5 Å². The highest BCUT2D eigenvalue weighted by molar-refractivity contribution is 6.19. The fourth-order valence-corrected chi connectivity index (χ4v) is 8.73. The number of carbonyl (C=O) groups is 2. The second-order valence-corrected chi connectivity index (χ2v) is 15.3. The van der Waals surface area contributed by atoms with Crippen molar-refractivity contribution >= 4 is 55.9 Å². The Balaban J connectivity index is 1.39. The number of carbonyl (C=O) groups excluding carboxylic acids is 2. The molecule has 0 saturated heterocycles. The maximum Gasteiger partial charge on any atom is 0.182 e. The van der Waals surface area contributed by atoms with Crippen LogP contribution in [0.5, 0.6) is 0 Å². The SMILES string of the molecule is CCc1c(C)c2cc3nc4cc5[nH]c(cc6nc(cc1[nH]2)C(=C6C)CCCCCCC1=CC(=O)C(=CC1=O)CCCCCCC4=C3C)c(C)c5CC. The maximum absolute atomic E-state index is 13.0. The Labute approximate surface area is 308 Å². The van der Waals surface area contributed by atoms with Crippen LogP contribution in [0.15, 0.2) is 47.6 Å². The molecule has 6 aliphatic heterocycles. The van der Waals surface area contributed by atoms with E-state index in [2.05, 4.69) is 75.8 Å². The van der Waals surface area contributed by atoms with Gasteiger partial charge in [0.1, 0.15) is 0 Å². The monoisotopic (exact) mass is 694 g/mol. The van der Waals surface area contributed by atoms with E-state index >= 15 is 0 Å². The zero-order valence-corrected chi connectivity index (χ0v) is 32.1. The molecule has 0 saturated carbocycles. The topological polar surface area (TPSA) is 91.5 Å². The molecule has 12 bridgehead atoms. The van der Waals surface area contributed by atoms with Crippen LogP contribution in [0.3, 0.4) is 0 Å². The molecule has 1 aliphatic carbocycles. The van der Waals surface area contributed by atoms with Crippen LogP contribution >= 0.6 is 0 Å². The fourth-order valence-electron chi connectivity index (χ4n) is 8.73. The number of aromatic amines is 2. The molecule has 3 aromatic rings. The van der Waals surface area contributed by atoms with E-state index < -0.39 is 0 Å². The average Bonchev–Trinajstić information content (AvgIpc) is 3.78. The number of rotatable bonds is 2. The number of hydrogen-bond donors (Lipinski definition) is 2. The van der Waals surface area contributed by atoms with Gasteiger partial charge in [0.15, 0.2) is 11.6 Å². The zero-order valence-electron chi connectivity index (χ0n) is 32.1. The molecular formula is C46H54N4O2. The minimum Gasteiger partial charge on any atom is -0.355 e.